The molecular weight excluding hydrogens is 378 g/mol. The van der Waals surface area contributed by atoms with Crippen LogP contribution in [-0.4, -0.2) is 44.0 Å². The third-order valence-electron chi connectivity index (χ3n) is 2.90. The molecule has 0 bridgehead atoms. The first-order valence-electron chi connectivity index (χ1n) is 6.42. The van der Waals surface area contributed by atoms with E-state index in [9.17, 15) is 25.3 Å². The number of nitrogens with zero attached hydrogens (tertiary/aromatic N) is 1. The van der Waals surface area contributed by atoms with Crippen LogP contribution in [0.4, 0.5) is 5.69 Å². The molecule has 0 aliphatic heterocycles. The van der Waals surface area contributed by atoms with Crippen molar-refractivity contribution >= 4 is 46.6 Å². The summed E-state index contributed by atoms with van der Waals surface area (Å²) in [6, 6.07) is 8.53. The Hall–Kier alpha value is -1.85. The third-order valence-corrected chi connectivity index (χ3v) is 6.60. The zero-order chi connectivity index (χ0) is 18.3. The van der Waals surface area contributed by atoms with E-state index in [0.29, 0.717) is 3.71 Å². The molecule has 0 aliphatic rings. The third kappa shape index (κ3) is 3.97. The molecule has 0 saturated carbocycles. The van der Waals surface area contributed by atoms with Crippen LogP contribution in [0.2, 0.25) is 0 Å². The Morgan fingerprint density at radius 3 is 1.75 bits per heavy atom. The van der Waals surface area contributed by atoms with E-state index in [1.807, 2.05) is 0 Å². The highest BCUT2D eigenvalue weighted by atomic mass is 32.3. The molecule has 0 aliphatic carbocycles. The number of hydrogen-bond donors (Lipinski definition) is 0. The standard InChI is InChI=1S/C13H15NO7S3/c1-22(15,16)14(23(2,17)18)12-8-4-7-11-10(12)6-5-9-13(11)21-24(3,19)20/h4-9H,1-3H3. The van der Waals surface area contributed by atoms with Crippen LogP contribution in [0, 0.1) is 0 Å². The predicted molar refractivity (Wildman–Crippen MR) is 91.6 cm³/mol. The summed E-state index contributed by atoms with van der Waals surface area (Å²) in [4.78, 5) is 0. The number of hydrogen-bond acceptors (Lipinski definition) is 7. The molecule has 0 heterocycles. The minimum atomic E-state index is -4.13. The summed E-state index contributed by atoms with van der Waals surface area (Å²) in [7, 11) is -12.1. The molecule has 132 valence electrons. The molecule has 2 aromatic rings. The monoisotopic (exact) mass is 393 g/mol. The fourth-order valence-corrected chi connectivity index (χ4v) is 5.73. The maximum absolute atomic E-state index is 12.0. The molecule has 24 heavy (non-hydrogen) atoms. The number of sulfonamides is 2. The summed E-state index contributed by atoms with van der Waals surface area (Å²) in [6.07, 6.45) is 2.41. The Morgan fingerprint density at radius 2 is 1.25 bits per heavy atom. The molecular formula is C13H15NO7S3. The summed E-state index contributed by atoms with van der Waals surface area (Å²) in [5, 5.41) is 0.479. The summed E-state index contributed by atoms with van der Waals surface area (Å²) in [6.45, 7) is 0. The van der Waals surface area contributed by atoms with Gasteiger partial charge in [-0.25, -0.2) is 16.8 Å². The first-order valence-corrected chi connectivity index (χ1v) is 11.9. The van der Waals surface area contributed by atoms with Crippen LogP contribution in [0.25, 0.3) is 10.8 Å². The summed E-state index contributed by atoms with van der Waals surface area (Å²) >= 11 is 0. The van der Waals surface area contributed by atoms with E-state index in [1.54, 1.807) is 0 Å². The number of anilines is 1. The van der Waals surface area contributed by atoms with Crippen LogP contribution in [0.1, 0.15) is 0 Å². The number of benzene rings is 2. The molecule has 0 radical (unpaired) electrons. The van der Waals surface area contributed by atoms with Crippen LogP contribution >= 0.6 is 0 Å². The fourth-order valence-electron chi connectivity index (χ4n) is 2.26. The van der Waals surface area contributed by atoms with E-state index in [-0.39, 0.29) is 22.2 Å². The van der Waals surface area contributed by atoms with E-state index in [4.69, 9.17) is 4.18 Å². The van der Waals surface area contributed by atoms with Gasteiger partial charge >= 0.3 is 10.1 Å². The van der Waals surface area contributed by atoms with E-state index in [0.717, 1.165) is 18.8 Å². The quantitative estimate of drug-likeness (QED) is 0.693. The maximum Gasteiger partial charge on any atom is 0.306 e. The van der Waals surface area contributed by atoms with Crippen LogP contribution in [-0.2, 0) is 30.2 Å². The van der Waals surface area contributed by atoms with Crippen molar-refractivity contribution in [3.8, 4) is 5.75 Å². The van der Waals surface area contributed by atoms with Gasteiger partial charge in [-0.3, -0.25) is 0 Å². The first kappa shape index (κ1) is 18.5. The smallest absolute Gasteiger partial charge is 0.306 e. The summed E-state index contributed by atoms with van der Waals surface area (Å²) in [5.74, 6) is -0.0289. The summed E-state index contributed by atoms with van der Waals surface area (Å²) in [5.41, 5.74) is -0.114. The van der Waals surface area contributed by atoms with Crippen molar-refractivity contribution in [2.45, 2.75) is 0 Å². The van der Waals surface area contributed by atoms with Gasteiger partial charge in [0.05, 0.1) is 24.5 Å². The second kappa shape index (κ2) is 5.90. The minimum absolute atomic E-state index is 0.0289. The van der Waals surface area contributed by atoms with Crippen molar-refractivity contribution in [2.75, 3.05) is 22.5 Å². The van der Waals surface area contributed by atoms with Gasteiger partial charge in [0.2, 0.25) is 20.0 Å². The molecule has 2 aromatic carbocycles. The Kier molecular flexibility index (Phi) is 4.55. The van der Waals surface area contributed by atoms with Crippen molar-refractivity contribution in [1.82, 2.24) is 0 Å². The second-order valence-corrected chi connectivity index (χ2v) is 10.6. The van der Waals surface area contributed by atoms with Gasteiger partial charge in [0.25, 0.3) is 0 Å². The van der Waals surface area contributed by atoms with E-state index >= 15 is 0 Å². The maximum atomic E-state index is 12.0. The lowest BCUT2D eigenvalue weighted by molar-refractivity contribution is 0.495. The molecule has 0 saturated heterocycles. The fraction of sp³-hybridized carbons (Fsp3) is 0.231. The lowest BCUT2D eigenvalue weighted by Crippen LogP contribution is -2.35. The Morgan fingerprint density at radius 1 is 0.750 bits per heavy atom. The molecule has 8 nitrogen and oxygen atoms in total. The van der Waals surface area contributed by atoms with E-state index in [1.165, 1.54) is 36.4 Å². The Balaban J connectivity index is 2.85. The molecule has 2 rings (SSSR count). The lowest BCUT2D eigenvalue weighted by atomic mass is 10.1. The molecule has 0 N–H and O–H groups in total. The zero-order valence-electron chi connectivity index (χ0n) is 13.0. The largest absolute Gasteiger partial charge is 0.382 e. The average Bonchev–Trinajstić information content (AvgIpc) is 2.34. The molecule has 0 fully saturated rings. The van der Waals surface area contributed by atoms with E-state index in [2.05, 4.69) is 0 Å². The lowest BCUT2D eigenvalue weighted by Gasteiger charge is -2.21. The molecule has 0 amide bonds. The molecule has 0 spiro atoms. The van der Waals surface area contributed by atoms with Gasteiger partial charge in [0, 0.05) is 10.8 Å². The van der Waals surface area contributed by atoms with Crippen molar-refractivity contribution in [3.05, 3.63) is 36.4 Å². The second-order valence-electron chi connectivity index (χ2n) is 5.14. The van der Waals surface area contributed by atoms with Gasteiger partial charge in [-0.15, -0.1) is 0 Å². The molecule has 0 unspecified atom stereocenters. The van der Waals surface area contributed by atoms with Gasteiger partial charge in [-0.05, 0) is 12.1 Å². The average molecular weight is 393 g/mol. The van der Waals surface area contributed by atoms with Crippen LogP contribution in [0.3, 0.4) is 0 Å². The van der Waals surface area contributed by atoms with Gasteiger partial charge in [-0.1, -0.05) is 24.3 Å². The van der Waals surface area contributed by atoms with Gasteiger partial charge in [0.15, 0.2) is 0 Å². The highest BCUT2D eigenvalue weighted by Gasteiger charge is 2.29. The van der Waals surface area contributed by atoms with Gasteiger partial charge in [-0.2, -0.15) is 12.1 Å². The SMILES string of the molecule is CS(=O)(=O)Oc1cccc2c(N(S(C)(=O)=O)S(C)(=O)=O)cccc12. The van der Waals surface area contributed by atoms with E-state index < -0.39 is 30.2 Å². The highest BCUT2D eigenvalue weighted by Crippen LogP contribution is 2.35. The molecule has 0 atom stereocenters. The van der Waals surface area contributed by atoms with Crippen molar-refractivity contribution in [3.63, 3.8) is 0 Å². The Labute approximate surface area is 140 Å². The van der Waals surface area contributed by atoms with Gasteiger partial charge < -0.3 is 4.18 Å². The predicted octanol–water partition coefficient (Wildman–Crippen LogP) is 0.904. The molecule has 11 heteroatoms. The zero-order valence-corrected chi connectivity index (χ0v) is 15.4. The topological polar surface area (TPSA) is 115 Å². The van der Waals surface area contributed by atoms with Crippen LogP contribution < -0.4 is 7.89 Å². The Bertz CT molecular complexity index is 1070. The minimum Gasteiger partial charge on any atom is -0.382 e. The molecule has 0 aromatic heterocycles. The normalized spacial score (nSPS) is 13.0. The first-order chi connectivity index (χ1) is 10.8. The van der Waals surface area contributed by atoms with Crippen LogP contribution in [0.5, 0.6) is 5.75 Å². The van der Waals surface area contributed by atoms with Crippen molar-refractivity contribution in [1.29, 1.82) is 0 Å². The van der Waals surface area contributed by atoms with Crippen molar-refractivity contribution in [2.24, 2.45) is 0 Å². The number of rotatable bonds is 5. The highest BCUT2D eigenvalue weighted by molar-refractivity contribution is 8.09. The number of fused-ring (bicyclic) bond motifs is 1. The van der Waals surface area contributed by atoms with Crippen LogP contribution in [0.15, 0.2) is 36.4 Å². The van der Waals surface area contributed by atoms with Gasteiger partial charge in [0.1, 0.15) is 5.75 Å². The van der Waals surface area contributed by atoms with Crippen molar-refractivity contribution < 1.29 is 29.4 Å². The summed E-state index contributed by atoms with van der Waals surface area (Å²) < 4.78 is 75.7.